The lowest BCUT2D eigenvalue weighted by Crippen LogP contribution is -2.44. The molecule has 7 heteroatoms. The molecule has 2 aromatic heterocycles. The summed E-state index contributed by atoms with van der Waals surface area (Å²) in [6, 6.07) is 2.67. The molecule has 1 amide bonds. The summed E-state index contributed by atoms with van der Waals surface area (Å²) in [5, 5.41) is 15.0. The fourth-order valence-corrected chi connectivity index (χ4v) is 3.93. The molecule has 0 aliphatic heterocycles. The zero-order valence-corrected chi connectivity index (χ0v) is 13.5. The first-order chi connectivity index (χ1) is 11.0. The molecular formula is C16H17N3O3S. The number of aryl methyl sites for hydroxylation is 1. The molecule has 2 heterocycles. The number of carbonyl (C=O) groups excluding carboxylic acids is 1. The third-order valence-electron chi connectivity index (χ3n) is 4.08. The molecule has 1 fully saturated rings. The van der Waals surface area contributed by atoms with Gasteiger partial charge in [0.05, 0.1) is 11.1 Å². The van der Waals surface area contributed by atoms with Gasteiger partial charge in [0, 0.05) is 17.3 Å². The molecule has 1 aliphatic rings. The van der Waals surface area contributed by atoms with E-state index in [-0.39, 0.29) is 17.2 Å². The van der Waals surface area contributed by atoms with Crippen LogP contribution >= 0.6 is 11.3 Å². The summed E-state index contributed by atoms with van der Waals surface area (Å²) < 4.78 is 0. The lowest BCUT2D eigenvalue weighted by atomic mass is 9.98. The number of carboxylic acid groups (broad SMARTS) is 1. The van der Waals surface area contributed by atoms with Gasteiger partial charge in [-0.05, 0) is 31.9 Å². The topological polar surface area (TPSA) is 92.2 Å². The monoisotopic (exact) mass is 331 g/mol. The second-order valence-corrected chi connectivity index (χ2v) is 6.63. The average Bonchev–Trinajstić information content (AvgIpc) is 3.17. The van der Waals surface area contributed by atoms with Gasteiger partial charge in [-0.1, -0.05) is 12.8 Å². The van der Waals surface area contributed by atoms with Crippen molar-refractivity contribution in [2.24, 2.45) is 0 Å². The Morgan fingerprint density at radius 1 is 1.35 bits per heavy atom. The van der Waals surface area contributed by atoms with Crippen molar-refractivity contribution in [3.05, 3.63) is 45.7 Å². The number of nitrogens with zero attached hydrogens (tertiary/aromatic N) is 2. The lowest BCUT2D eigenvalue weighted by molar-refractivity contribution is 0.0696. The molecule has 1 aliphatic carbocycles. The Balaban J connectivity index is 1.87. The maximum absolute atomic E-state index is 12.6. The van der Waals surface area contributed by atoms with Crippen LogP contribution in [0.3, 0.4) is 0 Å². The molecule has 120 valence electrons. The third-order valence-corrected chi connectivity index (χ3v) is 5.24. The Morgan fingerprint density at radius 2 is 2.09 bits per heavy atom. The molecule has 0 saturated heterocycles. The van der Waals surface area contributed by atoms with Crippen molar-refractivity contribution in [2.75, 3.05) is 0 Å². The molecule has 0 spiro atoms. The van der Waals surface area contributed by atoms with Crippen LogP contribution in [0.2, 0.25) is 0 Å². The lowest BCUT2D eigenvalue weighted by Gasteiger charge is -2.28. The highest BCUT2D eigenvalue weighted by atomic mass is 32.1. The number of hydrogen-bond donors (Lipinski definition) is 2. The first-order valence-corrected chi connectivity index (χ1v) is 8.33. The summed E-state index contributed by atoms with van der Waals surface area (Å²) in [7, 11) is 0. The van der Waals surface area contributed by atoms with Crippen molar-refractivity contribution in [1.82, 2.24) is 15.3 Å². The van der Waals surface area contributed by atoms with Crippen LogP contribution in [0.4, 0.5) is 0 Å². The number of aromatic nitrogens is 2. The van der Waals surface area contributed by atoms with Crippen molar-refractivity contribution in [2.45, 2.75) is 38.1 Å². The van der Waals surface area contributed by atoms with Crippen LogP contribution in [0.15, 0.2) is 23.7 Å². The summed E-state index contributed by atoms with van der Waals surface area (Å²) in [6.07, 6.45) is 5.07. The molecule has 0 aromatic carbocycles. The Morgan fingerprint density at radius 3 is 2.70 bits per heavy atom. The number of carboxylic acids is 1. The van der Waals surface area contributed by atoms with Crippen molar-refractivity contribution in [3.8, 4) is 0 Å². The van der Waals surface area contributed by atoms with Crippen LogP contribution in [-0.2, 0) is 5.54 Å². The van der Waals surface area contributed by atoms with Gasteiger partial charge in [0.1, 0.15) is 10.7 Å². The Hall–Kier alpha value is -2.28. The predicted octanol–water partition coefficient (Wildman–Crippen LogP) is 2.74. The molecular weight excluding hydrogens is 314 g/mol. The number of hydrogen-bond acceptors (Lipinski definition) is 5. The normalized spacial score (nSPS) is 16.2. The number of carbonyl (C=O) groups is 2. The van der Waals surface area contributed by atoms with Crippen LogP contribution < -0.4 is 5.32 Å². The van der Waals surface area contributed by atoms with E-state index in [1.54, 1.807) is 11.3 Å². The number of rotatable bonds is 4. The zero-order chi connectivity index (χ0) is 16.4. The quantitative estimate of drug-likeness (QED) is 0.898. The SMILES string of the molecule is Cc1csc(C2(NC(=O)c3cc(C(=O)O)ccn3)CCCC2)n1. The van der Waals surface area contributed by atoms with Crippen molar-refractivity contribution in [3.63, 3.8) is 0 Å². The van der Waals surface area contributed by atoms with Gasteiger partial charge in [0.15, 0.2) is 0 Å². The number of thiazole rings is 1. The van der Waals surface area contributed by atoms with E-state index in [0.717, 1.165) is 36.4 Å². The minimum atomic E-state index is -1.08. The van der Waals surface area contributed by atoms with E-state index < -0.39 is 11.5 Å². The van der Waals surface area contributed by atoms with Gasteiger partial charge < -0.3 is 10.4 Å². The van der Waals surface area contributed by atoms with E-state index in [2.05, 4.69) is 15.3 Å². The largest absolute Gasteiger partial charge is 0.478 e. The fraction of sp³-hybridized carbons (Fsp3) is 0.375. The second-order valence-electron chi connectivity index (χ2n) is 5.77. The highest BCUT2D eigenvalue weighted by Gasteiger charge is 2.40. The fourth-order valence-electron chi connectivity index (χ4n) is 2.91. The number of amides is 1. The molecule has 0 unspecified atom stereocenters. The van der Waals surface area contributed by atoms with Gasteiger partial charge in [0.25, 0.3) is 5.91 Å². The van der Waals surface area contributed by atoms with E-state index in [1.807, 2.05) is 12.3 Å². The highest BCUT2D eigenvalue weighted by Crippen LogP contribution is 2.40. The third kappa shape index (κ3) is 3.10. The minimum Gasteiger partial charge on any atom is -0.478 e. The first kappa shape index (κ1) is 15.6. The molecule has 6 nitrogen and oxygen atoms in total. The number of nitrogens with one attached hydrogen (secondary N) is 1. The zero-order valence-electron chi connectivity index (χ0n) is 12.7. The second kappa shape index (κ2) is 6.08. The van der Waals surface area contributed by atoms with Crippen molar-refractivity contribution >= 4 is 23.2 Å². The minimum absolute atomic E-state index is 0.0516. The van der Waals surface area contributed by atoms with Crippen molar-refractivity contribution < 1.29 is 14.7 Å². The molecule has 2 N–H and O–H groups in total. The molecule has 3 rings (SSSR count). The van der Waals surface area contributed by atoms with Crippen molar-refractivity contribution in [1.29, 1.82) is 0 Å². The molecule has 2 aromatic rings. The van der Waals surface area contributed by atoms with Gasteiger partial charge in [-0.15, -0.1) is 11.3 Å². The average molecular weight is 331 g/mol. The van der Waals surface area contributed by atoms with Gasteiger partial charge in [-0.3, -0.25) is 9.78 Å². The summed E-state index contributed by atoms with van der Waals surface area (Å²) in [5.41, 5.74) is 0.647. The number of pyridine rings is 1. The molecule has 0 radical (unpaired) electrons. The van der Waals surface area contributed by atoms with Crippen LogP contribution in [0.5, 0.6) is 0 Å². The van der Waals surface area contributed by atoms with Crippen LogP contribution in [-0.4, -0.2) is 27.0 Å². The standard InChI is InChI=1S/C16H17N3O3S/c1-10-9-23-15(18-10)16(5-2-3-6-16)19-13(20)12-8-11(14(21)22)4-7-17-12/h4,7-9H,2-3,5-6H2,1H3,(H,19,20)(H,21,22). The highest BCUT2D eigenvalue weighted by molar-refractivity contribution is 7.09. The molecule has 1 saturated carbocycles. The Labute approximate surface area is 137 Å². The van der Waals surface area contributed by atoms with E-state index >= 15 is 0 Å². The molecule has 0 bridgehead atoms. The van der Waals surface area contributed by atoms with E-state index in [4.69, 9.17) is 5.11 Å². The first-order valence-electron chi connectivity index (χ1n) is 7.45. The molecule has 0 atom stereocenters. The Bertz CT molecular complexity index is 751. The van der Waals surface area contributed by atoms with Crippen LogP contribution in [0.25, 0.3) is 0 Å². The van der Waals surface area contributed by atoms with Gasteiger partial charge in [0.2, 0.25) is 0 Å². The van der Waals surface area contributed by atoms with E-state index in [9.17, 15) is 9.59 Å². The smallest absolute Gasteiger partial charge is 0.335 e. The number of aromatic carboxylic acids is 1. The summed E-state index contributed by atoms with van der Waals surface area (Å²) in [5.74, 6) is -1.43. The van der Waals surface area contributed by atoms with E-state index in [1.165, 1.54) is 18.3 Å². The Kier molecular flexibility index (Phi) is 4.12. The maximum atomic E-state index is 12.6. The van der Waals surface area contributed by atoms with E-state index in [0.29, 0.717) is 0 Å². The summed E-state index contributed by atoms with van der Waals surface area (Å²) >= 11 is 1.55. The van der Waals surface area contributed by atoms with Gasteiger partial charge >= 0.3 is 5.97 Å². The molecule has 23 heavy (non-hydrogen) atoms. The predicted molar refractivity (Wildman–Crippen MR) is 85.7 cm³/mol. The summed E-state index contributed by atoms with van der Waals surface area (Å²) in [6.45, 7) is 1.93. The van der Waals surface area contributed by atoms with Gasteiger partial charge in [-0.2, -0.15) is 0 Å². The summed E-state index contributed by atoms with van der Waals surface area (Å²) in [4.78, 5) is 32.2. The maximum Gasteiger partial charge on any atom is 0.335 e. The van der Waals surface area contributed by atoms with Crippen LogP contribution in [0, 0.1) is 6.92 Å². The van der Waals surface area contributed by atoms with Gasteiger partial charge in [-0.25, -0.2) is 9.78 Å². The van der Waals surface area contributed by atoms with Crippen LogP contribution in [0.1, 0.15) is 57.2 Å².